The van der Waals surface area contributed by atoms with Crippen molar-refractivity contribution in [1.29, 1.82) is 0 Å². The Kier molecular flexibility index (Phi) is 3.02. The average Bonchev–Trinajstić information content (AvgIpc) is 2.67. The zero-order valence-corrected chi connectivity index (χ0v) is 14.0. The third-order valence-corrected chi connectivity index (χ3v) is 5.00. The predicted octanol–water partition coefficient (Wildman–Crippen LogP) is 6.29. The van der Waals surface area contributed by atoms with Crippen molar-refractivity contribution in [3.05, 3.63) is 95.6 Å². The van der Waals surface area contributed by atoms with Crippen molar-refractivity contribution in [1.82, 2.24) is 0 Å². The molecule has 0 aliphatic carbocycles. The van der Waals surface area contributed by atoms with Crippen LogP contribution in [-0.4, -0.2) is 0 Å². The van der Waals surface area contributed by atoms with Crippen molar-refractivity contribution >= 4 is 32.3 Å². The Balaban J connectivity index is 1.85. The van der Waals surface area contributed by atoms with Gasteiger partial charge >= 0.3 is 0 Å². The van der Waals surface area contributed by atoms with Crippen LogP contribution in [0.5, 0.6) is 0 Å². The quantitative estimate of drug-likeness (QED) is 0.232. The molecule has 0 N–H and O–H groups in total. The fourth-order valence-corrected chi connectivity index (χ4v) is 3.72. The highest BCUT2D eigenvalue weighted by Crippen LogP contribution is 2.36. The van der Waals surface area contributed by atoms with E-state index in [2.05, 4.69) is 67.3 Å². The van der Waals surface area contributed by atoms with Gasteiger partial charge in [0, 0.05) is 11.1 Å². The lowest BCUT2D eigenvalue weighted by molar-refractivity contribution is 1.55. The first-order valence-electron chi connectivity index (χ1n) is 8.55. The molecule has 0 aliphatic rings. The van der Waals surface area contributed by atoms with Gasteiger partial charge in [-0.2, -0.15) is 0 Å². The van der Waals surface area contributed by atoms with Crippen LogP contribution in [0.2, 0.25) is 0 Å². The zero-order chi connectivity index (χ0) is 16.8. The molecule has 0 atom stereocenters. The minimum absolute atomic E-state index is 1.05. The van der Waals surface area contributed by atoms with Crippen molar-refractivity contribution in [2.45, 2.75) is 6.92 Å². The van der Waals surface area contributed by atoms with Gasteiger partial charge in [-0.15, -0.1) is 0 Å². The van der Waals surface area contributed by atoms with Crippen molar-refractivity contribution < 1.29 is 0 Å². The molecule has 0 fully saturated rings. The van der Waals surface area contributed by atoms with E-state index in [1.54, 1.807) is 0 Å². The fourth-order valence-electron chi connectivity index (χ4n) is 3.72. The Hall–Kier alpha value is -3.30. The second-order valence-electron chi connectivity index (χ2n) is 6.53. The third kappa shape index (κ3) is 2.17. The number of hydrogen-bond donors (Lipinski definition) is 0. The summed E-state index contributed by atoms with van der Waals surface area (Å²) in [6.45, 7) is 2.18. The van der Waals surface area contributed by atoms with Crippen LogP contribution in [0, 0.1) is 18.8 Å². The molecule has 0 spiro atoms. The third-order valence-electron chi connectivity index (χ3n) is 5.00. The summed E-state index contributed by atoms with van der Waals surface area (Å²) in [4.78, 5) is 0. The molecule has 0 bridgehead atoms. The molecule has 116 valence electrons. The summed E-state index contributed by atoms with van der Waals surface area (Å²) >= 11 is 0. The van der Waals surface area contributed by atoms with Crippen LogP contribution in [-0.2, 0) is 0 Å². The Bertz CT molecular complexity index is 1280. The van der Waals surface area contributed by atoms with Crippen molar-refractivity contribution in [2.24, 2.45) is 0 Å². The second kappa shape index (κ2) is 5.36. The molecular formula is C25H16. The summed E-state index contributed by atoms with van der Waals surface area (Å²) in [6.07, 6.45) is 0. The van der Waals surface area contributed by atoms with E-state index < -0.39 is 0 Å². The van der Waals surface area contributed by atoms with E-state index >= 15 is 0 Å². The van der Waals surface area contributed by atoms with E-state index in [0.29, 0.717) is 0 Å². The van der Waals surface area contributed by atoms with Gasteiger partial charge in [0.05, 0.1) is 0 Å². The topological polar surface area (TPSA) is 0 Å². The normalized spacial score (nSPS) is 11.1. The molecule has 5 aromatic carbocycles. The molecule has 5 rings (SSSR count). The highest BCUT2D eigenvalue weighted by atomic mass is 14.1. The monoisotopic (exact) mass is 316 g/mol. The van der Waals surface area contributed by atoms with E-state index in [4.69, 9.17) is 0 Å². The fraction of sp³-hybridized carbons (Fsp3) is 0.0400. The summed E-state index contributed by atoms with van der Waals surface area (Å²) in [7, 11) is 0. The first kappa shape index (κ1) is 14.1. The van der Waals surface area contributed by atoms with E-state index in [-0.39, 0.29) is 0 Å². The Morgan fingerprint density at radius 3 is 2.00 bits per heavy atom. The number of hydrogen-bond acceptors (Lipinski definition) is 0. The molecule has 5 aromatic rings. The SMILES string of the molecule is Cc1ccc2ccc3c(C#Cc4ccccc4)ccc4ccc1c2c43. The van der Waals surface area contributed by atoms with Crippen LogP contribution in [0.4, 0.5) is 0 Å². The van der Waals surface area contributed by atoms with E-state index in [9.17, 15) is 0 Å². The van der Waals surface area contributed by atoms with Crippen molar-refractivity contribution in [3.63, 3.8) is 0 Å². The first-order valence-corrected chi connectivity index (χ1v) is 8.55. The van der Waals surface area contributed by atoms with Gasteiger partial charge in [-0.3, -0.25) is 0 Å². The molecule has 0 saturated heterocycles. The van der Waals surface area contributed by atoms with Gasteiger partial charge < -0.3 is 0 Å². The molecule has 0 radical (unpaired) electrons. The van der Waals surface area contributed by atoms with Gasteiger partial charge in [-0.1, -0.05) is 72.5 Å². The van der Waals surface area contributed by atoms with Crippen LogP contribution in [0.3, 0.4) is 0 Å². The van der Waals surface area contributed by atoms with Crippen LogP contribution in [0.15, 0.2) is 78.9 Å². The number of aryl methyl sites for hydroxylation is 1. The Labute approximate surface area is 147 Å². The summed E-state index contributed by atoms with van der Waals surface area (Å²) in [5.41, 5.74) is 3.46. The van der Waals surface area contributed by atoms with E-state index in [1.807, 2.05) is 30.3 Å². The minimum Gasteiger partial charge on any atom is -0.0622 e. The van der Waals surface area contributed by atoms with Gasteiger partial charge in [0.25, 0.3) is 0 Å². The molecule has 0 saturated carbocycles. The van der Waals surface area contributed by atoms with Gasteiger partial charge in [0.15, 0.2) is 0 Å². The largest absolute Gasteiger partial charge is 0.0622 e. The van der Waals surface area contributed by atoms with Crippen LogP contribution in [0.1, 0.15) is 16.7 Å². The predicted molar refractivity (Wildman–Crippen MR) is 107 cm³/mol. The number of rotatable bonds is 0. The summed E-state index contributed by atoms with van der Waals surface area (Å²) < 4.78 is 0. The maximum atomic E-state index is 3.38. The lowest BCUT2D eigenvalue weighted by Crippen LogP contribution is -1.88. The molecule has 0 aromatic heterocycles. The first-order chi connectivity index (χ1) is 12.3. The molecule has 0 amide bonds. The Morgan fingerprint density at radius 2 is 1.20 bits per heavy atom. The lowest BCUT2D eigenvalue weighted by atomic mass is 9.90. The molecule has 0 heteroatoms. The minimum atomic E-state index is 1.05. The number of benzene rings is 5. The lowest BCUT2D eigenvalue weighted by Gasteiger charge is -2.13. The van der Waals surface area contributed by atoms with Crippen LogP contribution < -0.4 is 0 Å². The standard InChI is InChI=1S/C25H16/c1-17-7-9-20-14-16-23-19(10-8-18-5-3-2-4-6-18)11-12-21-13-15-22(17)24(20)25(21)23/h2-7,9,11-16H,1H3. The molecule has 25 heavy (non-hydrogen) atoms. The smallest absolute Gasteiger partial charge is 0.0328 e. The molecule has 0 aliphatic heterocycles. The highest BCUT2D eigenvalue weighted by Gasteiger charge is 2.11. The maximum absolute atomic E-state index is 3.38. The van der Waals surface area contributed by atoms with Crippen molar-refractivity contribution in [3.8, 4) is 11.8 Å². The van der Waals surface area contributed by atoms with Gasteiger partial charge in [0.1, 0.15) is 0 Å². The average molecular weight is 316 g/mol. The maximum Gasteiger partial charge on any atom is 0.0328 e. The van der Waals surface area contributed by atoms with Gasteiger partial charge in [0.2, 0.25) is 0 Å². The Morgan fingerprint density at radius 1 is 0.560 bits per heavy atom. The molecule has 0 nitrogen and oxygen atoms in total. The summed E-state index contributed by atoms with van der Waals surface area (Å²) in [5.74, 6) is 6.68. The van der Waals surface area contributed by atoms with Crippen LogP contribution >= 0.6 is 0 Å². The highest BCUT2D eigenvalue weighted by molar-refractivity contribution is 6.24. The molecule has 0 unspecified atom stereocenters. The zero-order valence-electron chi connectivity index (χ0n) is 14.0. The summed E-state index contributed by atoms with van der Waals surface area (Å²) in [6, 6.07) is 27.8. The van der Waals surface area contributed by atoms with Crippen molar-refractivity contribution in [2.75, 3.05) is 0 Å². The molecule has 0 heterocycles. The van der Waals surface area contributed by atoms with Gasteiger partial charge in [-0.25, -0.2) is 0 Å². The van der Waals surface area contributed by atoms with Gasteiger partial charge in [-0.05, 0) is 63.0 Å². The second-order valence-corrected chi connectivity index (χ2v) is 6.53. The van der Waals surface area contributed by atoms with E-state index in [1.165, 1.54) is 37.9 Å². The van der Waals surface area contributed by atoms with E-state index in [0.717, 1.165) is 11.1 Å². The van der Waals surface area contributed by atoms with Crippen LogP contribution in [0.25, 0.3) is 32.3 Å². The summed E-state index contributed by atoms with van der Waals surface area (Å²) in [5, 5.41) is 7.85. The molecular weight excluding hydrogens is 300 g/mol.